The number of rotatable bonds is 6. The molecule has 0 bridgehead atoms. The Morgan fingerprint density at radius 2 is 1.67 bits per heavy atom. The quantitative estimate of drug-likeness (QED) is 0.740. The average Bonchev–Trinajstić information content (AvgIpc) is 3.11. The van der Waals surface area contributed by atoms with Gasteiger partial charge in [-0.3, -0.25) is 5.10 Å². The lowest BCUT2D eigenvalue weighted by Crippen LogP contribution is -2.07. The molecule has 0 fully saturated rings. The summed E-state index contributed by atoms with van der Waals surface area (Å²) in [6.45, 7) is 0.302. The molecule has 0 aliphatic carbocycles. The van der Waals surface area contributed by atoms with Gasteiger partial charge in [0.25, 0.3) is 0 Å². The van der Waals surface area contributed by atoms with Crippen LogP contribution >= 0.6 is 0 Å². The summed E-state index contributed by atoms with van der Waals surface area (Å²) in [6.07, 6.45) is 1.15. The average molecular weight is 347 g/mol. The lowest BCUT2D eigenvalue weighted by atomic mass is 10.2. The van der Waals surface area contributed by atoms with E-state index in [0.717, 1.165) is 11.9 Å². The molecule has 0 atom stereocenters. The maximum atomic E-state index is 12.8. The first kappa shape index (κ1) is 16.1. The highest BCUT2D eigenvalue weighted by Crippen LogP contribution is 2.17. The van der Waals surface area contributed by atoms with Gasteiger partial charge in [0, 0.05) is 0 Å². The third-order valence-corrected chi connectivity index (χ3v) is 4.79. The van der Waals surface area contributed by atoms with Crippen molar-refractivity contribution < 1.29 is 17.5 Å². The van der Waals surface area contributed by atoms with E-state index < -0.39 is 9.84 Å². The first-order valence-corrected chi connectivity index (χ1v) is 8.72. The van der Waals surface area contributed by atoms with Crippen molar-refractivity contribution in [2.24, 2.45) is 0 Å². The van der Waals surface area contributed by atoms with Crippen LogP contribution in [-0.4, -0.2) is 23.6 Å². The minimum Gasteiger partial charge on any atom is -0.489 e. The first-order valence-electron chi connectivity index (χ1n) is 7.07. The van der Waals surface area contributed by atoms with Gasteiger partial charge in [-0.25, -0.2) is 17.8 Å². The van der Waals surface area contributed by atoms with Gasteiger partial charge in [0.2, 0.25) is 15.0 Å². The summed E-state index contributed by atoms with van der Waals surface area (Å²) in [5.74, 6) is 0.122. The molecular weight excluding hydrogens is 333 g/mol. The van der Waals surface area contributed by atoms with Gasteiger partial charge in [0.05, 0.1) is 5.75 Å². The van der Waals surface area contributed by atoms with E-state index in [1.54, 1.807) is 36.4 Å². The van der Waals surface area contributed by atoms with Gasteiger partial charge in [-0.15, -0.1) is 0 Å². The Bertz CT molecular complexity index is 893. The summed E-state index contributed by atoms with van der Waals surface area (Å²) >= 11 is 0. The molecule has 0 spiro atoms. The lowest BCUT2D eigenvalue weighted by molar-refractivity contribution is 0.306. The van der Waals surface area contributed by atoms with Crippen molar-refractivity contribution >= 4 is 9.84 Å². The van der Waals surface area contributed by atoms with Crippen molar-refractivity contribution in [2.75, 3.05) is 0 Å². The summed E-state index contributed by atoms with van der Waals surface area (Å²) in [7, 11) is -3.55. The molecular formula is C16H14FN3O3S. The standard InChI is InChI=1S/C16H14FN3O3S/c17-14-5-1-12(2-6-14)9-23-15-7-3-13(4-8-15)10-24(21,22)16-18-11-19-20-16/h1-8,11H,9-10H2,(H,18,19,20). The zero-order valence-electron chi connectivity index (χ0n) is 12.5. The number of hydrogen-bond acceptors (Lipinski definition) is 5. The van der Waals surface area contributed by atoms with Crippen LogP contribution in [0.1, 0.15) is 11.1 Å². The number of halogens is 1. The van der Waals surface area contributed by atoms with E-state index in [2.05, 4.69) is 15.2 Å². The van der Waals surface area contributed by atoms with Gasteiger partial charge in [-0.1, -0.05) is 24.3 Å². The number of aromatic amines is 1. The minimum absolute atomic E-state index is 0.154. The normalized spacial score (nSPS) is 11.4. The molecule has 8 heteroatoms. The monoisotopic (exact) mass is 347 g/mol. The molecule has 24 heavy (non-hydrogen) atoms. The predicted octanol–water partition coefficient (Wildman–Crippen LogP) is 2.50. The van der Waals surface area contributed by atoms with Crippen molar-refractivity contribution in [3.63, 3.8) is 0 Å². The molecule has 0 aliphatic heterocycles. The van der Waals surface area contributed by atoms with E-state index in [9.17, 15) is 12.8 Å². The second-order valence-electron chi connectivity index (χ2n) is 5.11. The minimum atomic E-state index is -3.55. The van der Waals surface area contributed by atoms with Crippen LogP contribution in [-0.2, 0) is 22.2 Å². The van der Waals surface area contributed by atoms with Gasteiger partial charge in [0.1, 0.15) is 24.5 Å². The Morgan fingerprint density at radius 1 is 1.00 bits per heavy atom. The van der Waals surface area contributed by atoms with Crippen molar-refractivity contribution in [1.29, 1.82) is 0 Å². The van der Waals surface area contributed by atoms with Crippen LogP contribution < -0.4 is 4.74 Å². The van der Waals surface area contributed by atoms with Crippen molar-refractivity contribution in [3.8, 4) is 5.75 Å². The number of sulfone groups is 1. The molecule has 124 valence electrons. The van der Waals surface area contributed by atoms with Crippen LogP contribution in [0.4, 0.5) is 4.39 Å². The molecule has 1 heterocycles. The summed E-state index contributed by atoms with van der Waals surface area (Å²) in [5, 5.41) is 5.74. The third-order valence-electron chi connectivity index (χ3n) is 3.29. The molecule has 2 aromatic carbocycles. The smallest absolute Gasteiger partial charge is 0.243 e. The zero-order valence-corrected chi connectivity index (χ0v) is 13.3. The third kappa shape index (κ3) is 3.96. The first-order chi connectivity index (χ1) is 11.5. The molecule has 6 nitrogen and oxygen atoms in total. The molecule has 0 saturated heterocycles. The number of hydrogen-bond donors (Lipinski definition) is 1. The fourth-order valence-corrected chi connectivity index (χ4v) is 3.23. The van der Waals surface area contributed by atoms with Gasteiger partial charge in [-0.05, 0) is 35.4 Å². The fourth-order valence-electron chi connectivity index (χ4n) is 2.06. The molecule has 0 aliphatic rings. The zero-order chi connectivity index (χ0) is 17.0. The molecule has 1 N–H and O–H groups in total. The van der Waals surface area contributed by atoms with Crippen LogP contribution in [0.3, 0.4) is 0 Å². The molecule has 0 saturated carbocycles. The lowest BCUT2D eigenvalue weighted by Gasteiger charge is -2.07. The second kappa shape index (κ2) is 6.79. The maximum absolute atomic E-state index is 12.8. The Labute approximate surface area is 138 Å². The highest BCUT2D eigenvalue weighted by atomic mass is 32.2. The Hall–Kier alpha value is -2.74. The molecule has 3 aromatic rings. The summed E-state index contributed by atoms with van der Waals surface area (Å²) in [4.78, 5) is 3.66. The van der Waals surface area contributed by atoms with Crippen molar-refractivity contribution in [2.45, 2.75) is 17.5 Å². The van der Waals surface area contributed by atoms with Crippen LogP contribution in [0, 0.1) is 5.82 Å². The van der Waals surface area contributed by atoms with E-state index in [1.807, 2.05) is 0 Å². The van der Waals surface area contributed by atoms with E-state index in [0.29, 0.717) is 17.9 Å². The van der Waals surface area contributed by atoms with Crippen molar-refractivity contribution in [1.82, 2.24) is 15.2 Å². The van der Waals surface area contributed by atoms with E-state index >= 15 is 0 Å². The number of ether oxygens (including phenoxy) is 1. The van der Waals surface area contributed by atoms with Crippen molar-refractivity contribution in [3.05, 3.63) is 71.8 Å². The van der Waals surface area contributed by atoms with Crippen LogP contribution in [0.5, 0.6) is 5.75 Å². The molecule has 0 radical (unpaired) electrons. The SMILES string of the molecule is O=S(=O)(Cc1ccc(OCc2ccc(F)cc2)cc1)c1ncn[nH]1. The molecule has 1 aromatic heterocycles. The van der Waals surface area contributed by atoms with Gasteiger partial charge >= 0.3 is 0 Å². The number of nitrogens with zero attached hydrogens (tertiary/aromatic N) is 2. The molecule has 3 rings (SSSR count). The van der Waals surface area contributed by atoms with Gasteiger partial charge < -0.3 is 4.74 Å². The summed E-state index contributed by atoms with van der Waals surface area (Å²) in [5.41, 5.74) is 1.45. The largest absolute Gasteiger partial charge is 0.489 e. The van der Waals surface area contributed by atoms with Crippen LogP contribution in [0.2, 0.25) is 0 Å². The number of benzene rings is 2. The Morgan fingerprint density at radius 3 is 2.29 bits per heavy atom. The second-order valence-corrected chi connectivity index (χ2v) is 7.01. The summed E-state index contributed by atoms with van der Waals surface area (Å²) < 4.78 is 42.6. The molecule has 0 unspecified atom stereocenters. The predicted molar refractivity (Wildman–Crippen MR) is 84.4 cm³/mol. The highest BCUT2D eigenvalue weighted by molar-refractivity contribution is 7.90. The van der Waals surface area contributed by atoms with Crippen LogP contribution in [0.15, 0.2) is 60.0 Å². The Kier molecular flexibility index (Phi) is 4.57. The summed E-state index contributed by atoms with van der Waals surface area (Å²) in [6, 6.07) is 12.8. The van der Waals surface area contributed by atoms with Crippen LogP contribution in [0.25, 0.3) is 0 Å². The maximum Gasteiger partial charge on any atom is 0.243 e. The van der Waals surface area contributed by atoms with E-state index in [-0.39, 0.29) is 16.7 Å². The topological polar surface area (TPSA) is 84.9 Å². The van der Waals surface area contributed by atoms with Gasteiger partial charge in [0.15, 0.2) is 0 Å². The highest BCUT2D eigenvalue weighted by Gasteiger charge is 2.18. The number of aromatic nitrogens is 3. The Balaban J connectivity index is 1.62. The van der Waals surface area contributed by atoms with E-state index in [4.69, 9.17) is 4.74 Å². The van der Waals surface area contributed by atoms with Gasteiger partial charge in [-0.2, -0.15) is 5.10 Å². The fraction of sp³-hybridized carbons (Fsp3) is 0.125. The molecule has 0 amide bonds. The van der Waals surface area contributed by atoms with E-state index in [1.165, 1.54) is 12.1 Å². The number of H-pyrrole nitrogens is 1. The number of nitrogens with one attached hydrogen (secondary N) is 1.